The minimum absolute atomic E-state index is 0.0543. The predicted octanol–water partition coefficient (Wildman–Crippen LogP) is 0.649. The Morgan fingerprint density at radius 1 is 1.29 bits per heavy atom. The number of rotatable bonds is 8. The standard InChI is InChI=1S/C14H29N3O3S/c1-4-10-17(12-14(18)16(2)3)21(19,20)11-8-13-7-5-6-9-15-13/h13,15H,4-12H2,1-3H3. The summed E-state index contributed by atoms with van der Waals surface area (Å²) < 4.78 is 26.2. The van der Waals surface area contributed by atoms with Crippen LogP contribution in [0.5, 0.6) is 0 Å². The zero-order valence-electron chi connectivity index (χ0n) is 13.5. The monoisotopic (exact) mass is 319 g/mol. The first-order chi connectivity index (χ1) is 9.86. The van der Waals surface area contributed by atoms with E-state index in [1.807, 2.05) is 6.92 Å². The van der Waals surface area contributed by atoms with E-state index in [1.165, 1.54) is 15.6 Å². The summed E-state index contributed by atoms with van der Waals surface area (Å²) in [5.74, 6) is -0.0615. The molecule has 7 heteroatoms. The molecule has 0 saturated carbocycles. The van der Waals surface area contributed by atoms with Crippen LogP contribution in [-0.2, 0) is 14.8 Å². The van der Waals surface area contributed by atoms with Crippen LogP contribution in [0, 0.1) is 0 Å². The van der Waals surface area contributed by atoms with Crippen LogP contribution in [0.15, 0.2) is 0 Å². The lowest BCUT2D eigenvalue weighted by molar-refractivity contribution is -0.128. The summed E-state index contributed by atoms with van der Waals surface area (Å²) in [7, 11) is -0.0789. The van der Waals surface area contributed by atoms with Crippen LogP contribution in [0.3, 0.4) is 0 Å². The van der Waals surface area contributed by atoms with Crippen molar-refractivity contribution in [3.05, 3.63) is 0 Å². The number of nitrogens with one attached hydrogen (secondary N) is 1. The average molecular weight is 319 g/mol. The van der Waals surface area contributed by atoms with Crippen LogP contribution in [0.1, 0.15) is 39.0 Å². The van der Waals surface area contributed by atoms with E-state index in [9.17, 15) is 13.2 Å². The van der Waals surface area contributed by atoms with Crippen molar-refractivity contribution < 1.29 is 13.2 Å². The molecule has 6 nitrogen and oxygen atoms in total. The molecule has 0 radical (unpaired) electrons. The number of carbonyl (C=O) groups is 1. The molecular formula is C14H29N3O3S. The number of hydrogen-bond donors (Lipinski definition) is 1. The van der Waals surface area contributed by atoms with Gasteiger partial charge in [0.05, 0.1) is 12.3 Å². The van der Waals surface area contributed by atoms with Crippen LogP contribution in [-0.4, -0.2) is 69.1 Å². The van der Waals surface area contributed by atoms with Gasteiger partial charge in [-0.05, 0) is 32.2 Å². The smallest absolute Gasteiger partial charge is 0.237 e. The second-order valence-electron chi connectivity index (χ2n) is 5.87. The number of carbonyl (C=O) groups excluding carboxylic acids is 1. The molecule has 1 aliphatic heterocycles. The molecule has 1 N–H and O–H groups in total. The fraction of sp³-hybridized carbons (Fsp3) is 0.929. The SMILES string of the molecule is CCCN(CC(=O)N(C)C)S(=O)(=O)CCC1CCCCN1. The maximum Gasteiger partial charge on any atom is 0.237 e. The van der Waals surface area contributed by atoms with Gasteiger partial charge in [0.25, 0.3) is 0 Å². The van der Waals surface area contributed by atoms with Gasteiger partial charge in [0.2, 0.25) is 15.9 Å². The molecule has 0 bridgehead atoms. The highest BCUT2D eigenvalue weighted by Crippen LogP contribution is 2.13. The lowest BCUT2D eigenvalue weighted by Gasteiger charge is -2.26. The van der Waals surface area contributed by atoms with Crippen molar-refractivity contribution in [2.45, 2.75) is 45.1 Å². The van der Waals surface area contributed by atoms with Crippen LogP contribution < -0.4 is 5.32 Å². The molecule has 1 aliphatic rings. The van der Waals surface area contributed by atoms with Gasteiger partial charge in [-0.25, -0.2) is 8.42 Å². The van der Waals surface area contributed by atoms with Crippen molar-refractivity contribution >= 4 is 15.9 Å². The molecular weight excluding hydrogens is 290 g/mol. The molecule has 0 aromatic heterocycles. The number of nitrogens with zero attached hydrogens (tertiary/aromatic N) is 2. The second-order valence-corrected chi connectivity index (χ2v) is 7.96. The molecule has 0 spiro atoms. The van der Waals surface area contributed by atoms with Gasteiger partial charge >= 0.3 is 0 Å². The van der Waals surface area contributed by atoms with Crippen molar-refractivity contribution in [3.8, 4) is 0 Å². The summed E-state index contributed by atoms with van der Waals surface area (Å²) in [6.45, 7) is 3.25. The largest absolute Gasteiger partial charge is 0.348 e. The van der Waals surface area contributed by atoms with Crippen molar-refractivity contribution in [3.63, 3.8) is 0 Å². The summed E-state index contributed by atoms with van der Waals surface area (Å²) in [5, 5.41) is 3.36. The fourth-order valence-electron chi connectivity index (χ4n) is 2.45. The van der Waals surface area contributed by atoms with E-state index < -0.39 is 10.0 Å². The molecule has 1 fully saturated rings. The number of sulfonamides is 1. The van der Waals surface area contributed by atoms with Crippen LogP contribution in [0.25, 0.3) is 0 Å². The molecule has 1 atom stereocenters. The van der Waals surface area contributed by atoms with E-state index >= 15 is 0 Å². The number of likely N-dealkylation sites (N-methyl/N-ethyl adjacent to an activating group) is 1. The highest BCUT2D eigenvalue weighted by molar-refractivity contribution is 7.89. The predicted molar refractivity (Wildman–Crippen MR) is 84.6 cm³/mol. The normalized spacial score (nSPS) is 19.7. The molecule has 0 aliphatic carbocycles. The topological polar surface area (TPSA) is 69.7 Å². The Kier molecular flexibility index (Phi) is 7.62. The Bertz CT molecular complexity index is 417. The van der Waals surface area contributed by atoms with Gasteiger partial charge in [-0.3, -0.25) is 4.79 Å². The Hall–Kier alpha value is -0.660. The van der Waals surface area contributed by atoms with E-state index in [0.29, 0.717) is 25.4 Å². The van der Waals surface area contributed by atoms with Gasteiger partial charge in [-0.15, -0.1) is 0 Å². The number of amides is 1. The third kappa shape index (κ3) is 6.32. The molecule has 0 aromatic carbocycles. The van der Waals surface area contributed by atoms with E-state index in [4.69, 9.17) is 0 Å². The minimum Gasteiger partial charge on any atom is -0.348 e. The molecule has 1 heterocycles. The van der Waals surface area contributed by atoms with Gasteiger partial charge in [0.1, 0.15) is 0 Å². The summed E-state index contributed by atoms with van der Waals surface area (Å²) in [6.07, 6.45) is 4.71. The number of piperidine rings is 1. The summed E-state index contributed by atoms with van der Waals surface area (Å²) in [5.41, 5.74) is 0. The summed E-state index contributed by atoms with van der Waals surface area (Å²) in [6, 6.07) is 0.293. The van der Waals surface area contributed by atoms with Gasteiger partial charge in [-0.1, -0.05) is 13.3 Å². The van der Waals surface area contributed by atoms with Crippen LogP contribution >= 0.6 is 0 Å². The molecule has 0 aromatic rings. The maximum atomic E-state index is 12.4. The van der Waals surface area contributed by atoms with Crippen LogP contribution in [0.4, 0.5) is 0 Å². The average Bonchev–Trinajstić information content (AvgIpc) is 2.45. The van der Waals surface area contributed by atoms with E-state index in [-0.39, 0.29) is 18.2 Å². The van der Waals surface area contributed by atoms with Crippen LogP contribution in [0.2, 0.25) is 0 Å². The van der Waals surface area contributed by atoms with E-state index in [2.05, 4.69) is 5.32 Å². The molecule has 1 amide bonds. The van der Waals surface area contributed by atoms with Gasteiger partial charge in [-0.2, -0.15) is 4.31 Å². The maximum absolute atomic E-state index is 12.4. The Balaban J connectivity index is 2.58. The molecule has 1 rings (SSSR count). The first kappa shape index (κ1) is 18.4. The first-order valence-corrected chi connectivity index (χ1v) is 9.39. The quantitative estimate of drug-likeness (QED) is 0.713. The third-order valence-corrected chi connectivity index (χ3v) is 5.66. The van der Waals surface area contributed by atoms with Gasteiger partial charge in [0.15, 0.2) is 0 Å². The van der Waals surface area contributed by atoms with E-state index in [0.717, 1.165) is 19.4 Å². The Morgan fingerprint density at radius 2 is 2.00 bits per heavy atom. The van der Waals surface area contributed by atoms with Crippen molar-refractivity contribution in [1.29, 1.82) is 0 Å². The van der Waals surface area contributed by atoms with Crippen molar-refractivity contribution in [2.75, 3.05) is 39.5 Å². The van der Waals surface area contributed by atoms with Crippen molar-refractivity contribution in [1.82, 2.24) is 14.5 Å². The molecule has 21 heavy (non-hydrogen) atoms. The molecule has 1 unspecified atom stereocenters. The Morgan fingerprint density at radius 3 is 2.52 bits per heavy atom. The fourth-order valence-corrected chi connectivity index (χ4v) is 4.06. The zero-order chi connectivity index (χ0) is 15.9. The first-order valence-electron chi connectivity index (χ1n) is 7.78. The van der Waals surface area contributed by atoms with Gasteiger partial charge < -0.3 is 10.2 Å². The highest BCUT2D eigenvalue weighted by atomic mass is 32.2. The Labute approximate surface area is 128 Å². The second kappa shape index (κ2) is 8.70. The minimum atomic E-state index is -3.37. The van der Waals surface area contributed by atoms with Gasteiger partial charge in [0, 0.05) is 26.7 Å². The van der Waals surface area contributed by atoms with E-state index in [1.54, 1.807) is 14.1 Å². The lowest BCUT2D eigenvalue weighted by atomic mass is 10.0. The lowest BCUT2D eigenvalue weighted by Crippen LogP contribution is -2.43. The zero-order valence-corrected chi connectivity index (χ0v) is 14.3. The third-order valence-electron chi connectivity index (χ3n) is 3.81. The van der Waals surface area contributed by atoms with Crippen molar-refractivity contribution in [2.24, 2.45) is 0 Å². The molecule has 1 saturated heterocycles. The number of hydrogen-bond acceptors (Lipinski definition) is 4. The summed E-state index contributed by atoms with van der Waals surface area (Å²) >= 11 is 0. The summed E-state index contributed by atoms with van der Waals surface area (Å²) in [4.78, 5) is 13.2. The molecule has 124 valence electrons. The highest BCUT2D eigenvalue weighted by Gasteiger charge is 2.26.